The van der Waals surface area contributed by atoms with Gasteiger partial charge in [0, 0.05) is 43.0 Å². The van der Waals surface area contributed by atoms with Crippen LogP contribution in [0.1, 0.15) is 29.8 Å². The lowest BCUT2D eigenvalue weighted by Crippen LogP contribution is -2.49. The third-order valence-electron chi connectivity index (χ3n) is 7.48. The van der Waals surface area contributed by atoms with Gasteiger partial charge in [-0.2, -0.15) is 0 Å². The number of hydrogen-bond donors (Lipinski definition) is 3. The van der Waals surface area contributed by atoms with Gasteiger partial charge in [0.05, 0.1) is 28.3 Å². The molecule has 2 aliphatic heterocycles. The van der Waals surface area contributed by atoms with Crippen LogP contribution in [0.4, 0.5) is 16.2 Å². The molecule has 3 aromatic rings. The number of benzene rings is 3. The number of urea groups is 1. The summed E-state index contributed by atoms with van der Waals surface area (Å²) in [6, 6.07) is 14.7. The molecule has 0 radical (unpaired) electrons. The fraction of sp³-hybridized carbons (Fsp3) is 0.355. The number of amides is 3. The van der Waals surface area contributed by atoms with Gasteiger partial charge in [-0.25, -0.2) is 4.79 Å². The molecular weight excluding hydrogens is 595 g/mol. The van der Waals surface area contributed by atoms with Crippen LogP contribution in [0.5, 0.6) is 17.2 Å². The highest BCUT2D eigenvalue weighted by atomic mass is 35.5. The third kappa shape index (κ3) is 7.27. The number of carbonyl (C=O) groups is 2. The Morgan fingerprint density at radius 1 is 1.02 bits per heavy atom. The number of ether oxygens (including phenoxy) is 3. The van der Waals surface area contributed by atoms with Crippen LogP contribution >= 0.6 is 23.2 Å². The maximum Gasteiger partial charge on any atom is 0.323 e. The maximum absolute atomic E-state index is 13.7. The molecule has 0 saturated carbocycles. The van der Waals surface area contributed by atoms with E-state index in [1.165, 1.54) is 0 Å². The number of nitrogens with zero attached hydrogens (tertiary/aromatic N) is 2. The zero-order chi connectivity index (χ0) is 30.7. The van der Waals surface area contributed by atoms with Crippen molar-refractivity contribution in [2.45, 2.75) is 32.5 Å². The van der Waals surface area contributed by atoms with Gasteiger partial charge in [0.15, 0.2) is 11.5 Å². The molecule has 0 unspecified atom stereocenters. The van der Waals surface area contributed by atoms with E-state index in [0.29, 0.717) is 63.9 Å². The van der Waals surface area contributed by atoms with E-state index >= 15 is 0 Å². The zero-order valence-corrected chi connectivity index (χ0v) is 25.6. The van der Waals surface area contributed by atoms with Crippen LogP contribution in [0, 0.1) is 5.92 Å². The molecule has 2 aliphatic rings. The van der Waals surface area contributed by atoms with Gasteiger partial charge in [-0.3, -0.25) is 9.69 Å². The SMILES string of the molecule is C[C@H]1CN([C@@H](C)CO)C(=O)c2cc(NC(=O)Nc3ccc4c(c3)OCO4)ccc2O[C@H]1CN(C)Cc1ccc(Cl)c(Cl)c1. The molecule has 3 atom stereocenters. The van der Waals surface area contributed by atoms with E-state index in [-0.39, 0.29) is 31.3 Å². The highest BCUT2D eigenvalue weighted by molar-refractivity contribution is 6.42. The fourth-order valence-electron chi connectivity index (χ4n) is 5.11. The molecule has 0 bridgehead atoms. The Labute approximate surface area is 260 Å². The van der Waals surface area contributed by atoms with Crippen molar-refractivity contribution < 1.29 is 28.9 Å². The number of likely N-dealkylation sites (N-methyl/N-ethyl adjacent to an activating group) is 1. The Morgan fingerprint density at radius 3 is 2.44 bits per heavy atom. The van der Waals surface area contributed by atoms with Crippen molar-refractivity contribution in [2.75, 3.05) is 44.2 Å². The summed E-state index contributed by atoms with van der Waals surface area (Å²) in [6.07, 6.45) is -0.277. The van der Waals surface area contributed by atoms with Crippen LogP contribution in [-0.4, -0.2) is 72.5 Å². The van der Waals surface area contributed by atoms with Crippen LogP contribution in [0.3, 0.4) is 0 Å². The second-order valence-corrected chi connectivity index (χ2v) is 11.7. The average Bonchev–Trinajstić information content (AvgIpc) is 3.44. The molecular formula is C31H34Cl2N4O6. The second kappa shape index (κ2) is 13.3. The van der Waals surface area contributed by atoms with Crippen LogP contribution < -0.4 is 24.8 Å². The molecule has 3 aromatic carbocycles. The van der Waals surface area contributed by atoms with Crippen molar-refractivity contribution >= 4 is 46.5 Å². The van der Waals surface area contributed by atoms with E-state index in [2.05, 4.69) is 15.5 Å². The van der Waals surface area contributed by atoms with Crippen molar-refractivity contribution in [3.8, 4) is 17.2 Å². The Hall–Kier alpha value is -3.70. The third-order valence-corrected chi connectivity index (χ3v) is 8.22. The predicted molar refractivity (Wildman–Crippen MR) is 166 cm³/mol. The van der Waals surface area contributed by atoms with Gasteiger partial charge >= 0.3 is 6.03 Å². The Kier molecular flexibility index (Phi) is 9.51. The van der Waals surface area contributed by atoms with E-state index in [9.17, 15) is 14.7 Å². The topological polar surface area (TPSA) is 113 Å². The lowest BCUT2D eigenvalue weighted by Gasteiger charge is -2.38. The number of fused-ring (bicyclic) bond motifs is 2. The van der Waals surface area contributed by atoms with E-state index in [4.69, 9.17) is 37.4 Å². The summed E-state index contributed by atoms with van der Waals surface area (Å²) in [5.41, 5.74) is 2.24. The van der Waals surface area contributed by atoms with Gasteiger partial charge in [0.25, 0.3) is 5.91 Å². The number of carbonyl (C=O) groups excluding carboxylic acids is 2. The van der Waals surface area contributed by atoms with Gasteiger partial charge in [-0.15, -0.1) is 0 Å². The molecule has 0 aliphatic carbocycles. The quantitative estimate of drug-likeness (QED) is 0.292. The Balaban J connectivity index is 1.34. The van der Waals surface area contributed by atoms with Gasteiger partial charge in [-0.05, 0) is 62.0 Å². The largest absolute Gasteiger partial charge is 0.488 e. The number of aliphatic hydroxyl groups excluding tert-OH is 1. The summed E-state index contributed by atoms with van der Waals surface area (Å²) in [4.78, 5) is 30.3. The Morgan fingerprint density at radius 2 is 1.72 bits per heavy atom. The molecule has 43 heavy (non-hydrogen) atoms. The average molecular weight is 630 g/mol. The summed E-state index contributed by atoms with van der Waals surface area (Å²) >= 11 is 12.3. The van der Waals surface area contributed by atoms with Crippen molar-refractivity contribution in [3.05, 3.63) is 75.8 Å². The van der Waals surface area contributed by atoms with Crippen LogP contribution in [0.25, 0.3) is 0 Å². The minimum Gasteiger partial charge on any atom is -0.488 e. The molecule has 2 heterocycles. The van der Waals surface area contributed by atoms with Crippen molar-refractivity contribution in [1.29, 1.82) is 0 Å². The number of aliphatic hydroxyl groups is 1. The van der Waals surface area contributed by atoms with E-state index < -0.39 is 12.1 Å². The minimum atomic E-state index is -0.492. The highest BCUT2D eigenvalue weighted by Crippen LogP contribution is 2.35. The molecule has 0 fully saturated rings. The first-order valence-electron chi connectivity index (χ1n) is 13.9. The summed E-state index contributed by atoms with van der Waals surface area (Å²) in [6.45, 7) is 5.35. The van der Waals surface area contributed by atoms with Gasteiger partial charge < -0.3 is 34.9 Å². The smallest absolute Gasteiger partial charge is 0.323 e. The normalized spacial score (nSPS) is 18.4. The molecule has 5 rings (SSSR count). The highest BCUT2D eigenvalue weighted by Gasteiger charge is 2.33. The standard InChI is InChI=1S/C31H34Cl2N4O6/c1-18-13-37(19(2)16-38)30(39)23-11-21(34-31(40)35-22-6-9-27-28(12-22)42-17-41-27)5-8-26(23)43-29(18)15-36(3)14-20-4-7-24(32)25(33)10-20/h4-12,18-19,29,38H,13-17H2,1-3H3,(H2,34,35,40)/t18-,19-,29-/m0/s1. The summed E-state index contributed by atoms with van der Waals surface area (Å²) < 4.78 is 17.2. The van der Waals surface area contributed by atoms with Crippen molar-refractivity contribution in [1.82, 2.24) is 9.80 Å². The first kappa shape index (κ1) is 30.7. The lowest BCUT2D eigenvalue weighted by atomic mass is 9.99. The monoisotopic (exact) mass is 628 g/mol. The molecule has 10 nitrogen and oxygen atoms in total. The molecule has 0 aromatic heterocycles. The first-order chi connectivity index (χ1) is 20.6. The molecule has 228 valence electrons. The number of hydrogen-bond acceptors (Lipinski definition) is 7. The number of nitrogens with one attached hydrogen (secondary N) is 2. The summed E-state index contributed by atoms with van der Waals surface area (Å²) in [7, 11) is 1.99. The minimum absolute atomic E-state index is 0.0485. The van der Waals surface area contributed by atoms with Crippen LogP contribution in [0.2, 0.25) is 10.0 Å². The lowest BCUT2D eigenvalue weighted by molar-refractivity contribution is 0.0341. The molecule has 0 saturated heterocycles. The fourth-order valence-corrected chi connectivity index (χ4v) is 5.43. The van der Waals surface area contributed by atoms with E-state index in [1.54, 1.807) is 54.3 Å². The van der Waals surface area contributed by atoms with E-state index in [1.807, 2.05) is 26.1 Å². The number of halogens is 2. The van der Waals surface area contributed by atoms with Gasteiger partial charge in [0.2, 0.25) is 6.79 Å². The summed E-state index contributed by atoms with van der Waals surface area (Å²) in [5.74, 6) is 1.23. The molecule has 3 N–H and O–H groups in total. The number of rotatable bonds is 8. The predicted octanol–water partition coefficient (Wildman–Crippen LogP) is 5.72. The van der Waals surface area contributed by atoms with Gasteiger partial charge in [-0.1, -0.05) is 36.2 Å². The summed E-state index contributed by atoms with van der Waals surface area (Å²) in [5, 5.41) is 16.5. The van der Waals surface area contributed by atoms with Gasteiger partial charge in [0.1, 0.15) is 11.9 Å². The van der Waals surface area contributed by atoms with Crippen molar-refractivity contribution in [2.24, 2.45) is 5.92 Å². The molecule has 12 heteroatoms. The zero-order valence-electron chi connectivity index (χ0n) is 24.1. The number of anilines is 2. The van der Waals surface area contributed by atoms with Crippen LogP contribution in [-0.2, 0) is 6.54 Å². The molecule has 3 amide bonds. The van der Waals surface area contributed by atoms with E-state index in [0.717, 1.165) is 5.56 Å². The van der Waals surface area contributed by atoms with Crippen LogP contribution in [0.15, 0.2) is 54.6 Å². The molecule has 0 spiro atoms. The maximum atomic E-state index is 13.7. The Bertz CT molecular complexity index is 1510. The first-order valence-corrected chi connectivity index (χ1v) is 14.7. The van der Waals surface area contributed by atoms with Crippen molar-refractivity contribution in [3.63, 3.8) is 0 Å². The second-order valence-electron chi connectivity index (χ2n) is 10.9.